The van der Waals surface area contributed by atoms with Crippen LogP contribution in [0.5, 0.6) is 0 Å². The van der Waals surface area contributed by atoms with E-state index in [1.54, 1.807) is 0 Å². The molecule has 3 rings (SSSR count). The summed E-state index contributed by atoms with van der Waals surface area (Å²) in [5.74, 6) is 2.37. The van der Waals surface area contributed by atoms with Crippen molar-refractivity contribution in [1.29, 1.82) is 0 Å². The van der Waals surface area contributed by atoms with Gasteiger partial charge in [-0.25, -0.2) is 9.97 Å². The third-order valence-electron chi connectivity index (χ3n) is 3.43. The Labute approximate surface area is 137 Å². The van der Waals surface area contributed by atoms with Gasteiger partial charge in [-0.2, -0.15) is 0 Å². The monoisotopic (exact) mass is 399 g/mol. The zero-order valence-corrected chi connectivity index (χ0v) is 14.1. The number of anilines is 1. The van der Waals surface area contributed by atoms with Gasteiger partial charge in [0.1, 0.15) is 11.6 Å². The predicted octanol–water partition coefficient (Wildman–Crippen LogP) is 4.24. The third kappa shape index (κ3) is 2.91. The Morgan fingerprint density at radius 1 is 1.30 bits per heavy atom. The first kappa shape index (κ1) is 14.1. The molecule has 0 aliphatic heterocycles. The first-order valence-electron chi connectivity index (χ1n) is 6.66. The minimum absolute atomic E-state index is 0.613. The molecule has 1 aromatic carbocycles. The molecule has 0 saturated heterocycles. The van der Waals surface area contributed by atoms with Gasteiger partial charge in [0.15, 0.2) is 0 Å². The van der Waals surface area contributed by atoms with Crippen molar-refractivity contribution in [2.75, 3.05) is 12.4 Å². The van der Waals surface area contributed by atoms with Crippen molar-refractivity contribution in [2.24, 2.45) is 0 Å². The molecule has 1 saturated carbocycles. The number of hydrogen-bond acceptors (Lipinski definition) is 3. The molecule has 5 heteroatoms. The topological polar surface area (TPSA) is 37.8 Å². The van der Waals surface area contributed by atoms with Crippen LogP contribution in [-0.2, 0) is 6.42 Å². The number of nitrogens with one attached hydrogen (secondary N) is 1. The highest BCUT2D eigenvalue weighted by atomic mass is 127. The van der Waals surface area contributed by atoms with Gasteiger partial charge in [-0.05, 0) is 47.1 Å². The summed E-state index contributed by atoms with van der Waals surface area (Å²) in [7, 11) is 1.90. The molecule has 0 unspecified atom stereocenters. The van der Waals surface area contributed by atoms with Gasteiger partial charge in [0.25, 0.3) is 0 Å². The van der Waals surface area contributed by atoms with Crippen molar-refractivity contribution in [3.63, 3.8) is 0 Å². The highest BCUT2D eigenvalue weighted by Crippen LogP contribution is 2.42. The maximum Gasteiger partial charge on any atom is 0.143 e. The Balaban J connectivity index is 1.97. The summed E-state index contributed by atoms with van der Waals surface area (Å²) in [6, 6.07) is 7.87. The van der Waals surface area contributed by atoms with Crippen molar-refractivity contribution in [3.05, 3.63) is 49.9 Å². The van der Waals surface area contributed by atoms with Crippen LogP contribution in [0.15, 0.2) is 24.3 Å². The van der Waals surface area contributed by atoms with Gasteiger partial charge >= 0.3 is 0 Å². The third-order valence-corrected chi connectivity index (χ3v) is 4.86. The highest BCUT2D eigenvalue weighted by molar-refractivity contribution is 14.1. The van der Waals surface area contributed by atoms with Crippen molar-refractivity contribution >= 4 is 40.0 Å². The summed E-state index contributed by atoms with van der Waals surface area (Å²) in [6.45, 7) is 0. The van der Waals surface area contributed by atoms with Crippen LogP contribution in [0.1, 0.15) is 35.8 Å². The number of benzene rings is 1. The predicted molar refractivity (Wildman–Crippen MR) is 90.5 cm³/mol. The average Bonchev–Trinajstić information content (AvgIpc) is 3.27. The van der Waals surface area contributed by atoms with Gasteiger partial charge in [0.05, 0.1) is 9.26 Å². The van der Waals surface area contributed by atoms with Crippen LogP contribution >= 0.6 is 34.2 Å². The van der Waals surface area contributed by atoms with Crippen LogP contribution in [-0.4, -0.2) is 17.0 Å². The Hall–Kier alpha value is -0.880. The standard InChI is InChI=1S/C15H15ClIN3/c1-18-15-13(17)14(9-6-7-9)19-12(20-15)8-10-4-2-3-5-11(10)16/h2-5,9H,6-8H2,1H3,(H,18,19,20). The Kier molecular flexibility index (Phi) is 4.12. The highest BCUT2D eigenvalue weighted by Gasteiger charge is 2.29. The molecule has 104 valence electrons. The number of nitrogens with zero attached hydrogens (tertiary/aromatic N) is 2. The van der Waals surface area contributed by atoms with Gasteiger partial charge in [-0.1, -0.05) is 29.8 Å². The minimum Gasteiger partial charge on any atom is -0.372 e. The number of aromatic nitrogens is 2. The van der Waals surface area contributed by atoms with Gasteiger partial charge in [-0.15, -0.1) is 0 Å². The molecule has 2 aromatic rings. The van der Waals surface area contributed by atoms with E-state index in [4.69, 9.17) is 16.6 Å². The average molecular weight is 400 g/mol. The minimum atomic E-state index is 0.613. The van der Waals surface area contributed by atoms with E-state index in [1.807, 2.05) is 31.3 Å². The lowest BCUT2D eigenvalue weighted by Gasteiger charge is -2.11. The Morgan fingerprint density at radius 3 is 2.70 bits per heavy atom. The lowest BCUT2D eigenvalue weighted by molar-refractivity contribution is 0.891. The first-order valence-corrected chi connectivity index (χ1v) is 8.12. The van der Waals surface area contributed by atoms with E-state index in [9.17, 15) is 0 Å². The van der Waals surface area contributed by atoms with Gasteiger partial charge in [-0.3, -0.25) is 0 Å². The zero-order valence-electron chi connectivity index (χ0n) is 11.2. The molecule has 0 bridgehead atoms. The molecule has 1 aliphatic carbocycles. The van der Waals surface area contributed by atoms with Crippen molar-refractivity contribution in [3.8, 4) is 0 Å². The largest absolute Gasteiger partial charge is 0.372 e. The lowest BCUT2D eigenvalue weighted by atomic mass is 10.1. The quantitative estimate of drug-likeness (QED) is 0.781. The summed E-state index contributed by atoms with van der Waals surface area (Å²) < 4.78 is 1.15. The normalized spacial score (nSPS) is 14.3. The lowest BCUT2D eigenvalue weighted by Crippen LogP contribution is -2.07. The molecule has 1 heterocycles. The van der Waals surface area contributed by atoms with E-state index in [0.29, 0.717) is 12.3 Å². The molecule has 20 heavy (non-hydrogen) atoms. The van der Waals surface area contributed by atoms with Crippen LogP contribution < -0.4 is 5.32 Å². The van der Waals surface area contributed by atoms with E-state index < -0.39 is 0 Å². The SMILES string of the molecule is CNc1nc(Cc2ccccc2Cl)nc(C2CC2)c1I. The van der Waals surface area contributed by atoms with E-state index in [-0.39, 0.29) is 0 Å². The molecule has 3 nitrogen and oxygen atoms in total. The Bertz CT molecular complexity index is 641. The molecule has 1 fully saturated rings. The van der Waals surface area contributed by atoms with Crippen molar-refractivity contribution in [2.45, 2.75) is 25.2 Å². The Morgan fingerprint density at radius 2 is 2.05 bits per heavy atom. The fourth-order valence-corrected chi connectivity index (χ4v) is 3.35. The second-order valence-electron chi connectivity index (χ2n) is 4.98. The number of rotatable bonds is 4. The zero-order chi connectivity index (χ0) is 14.1. The van der Waals surface area contributed by atoms with Crippen LogP contribution in [0.4, 0.5) is 5.82 Å². The summed E-state index contributed by atoms with van der Waals surface area (Å²) in [4.78, 5) is 9.37. The van der Waals surface area contributed by atoms with Crippen LogP contribution in [0.25, 0.3) is 0 Å². The molecule has 0 spiro atoms. The molecular weight excluding hydrogens is 385 g/mol. The van der Waals surface area contributed by atoms with Crippen LogP contribution in [0, 0.1) is 3.57 Å². The van der Waals surface area contributed by atoms with E-state index in [1.165, 1.54) is 18.5 Å². The van der Waals surface area contributed by atoms with Gasteiger partial charge in [0.2, 0.25) is 0 Å². The van der Waals surface area contributed by atoms with Crippen molar-refractivity contribution < 1.29 is 0 Å². The fourth-order valence-electron chi connectivity index (χ4n) is 2.20. The molecule has 1 aliphatic rings. The van der Waals surface area contributed by atoms with E-state index in [2.05, 4.69) is 32.9 Å². The first-order chi connectivity index (χ1) is 9.69. The van der Waals surface area contributed by atoms with Gasteiger partial charge in [0, 0.05) is 24.4 Å². The summed E-state index contributed by atoms with van der Waals surface area (Å²) in [5, 5.41) is 3.94. The molecule has 1 N–H and O–H groups in total. The van der Waals surface area contributed by atoms with Gasteiger partial charge < -0.3 is 5.32 Å². The summed E-state index contributed by atoms with van der Waals surface area (Å²) >= 11 is 8.56. The van der Waals surface area contributed by atoms with Crippen molar-refractivity contribution in [1.82, 2.24) is 9.97 Å². The van der Waals surface area contributed by atoms with Crippen LogP contribution in [0.3, 0.4) is 0 Å². The summed E-state index contributed by atoms with van der Waals surface area (Å²) in [6.07, 6.45) is 3.15. The number of halogens is 2. The fraction of sp³-hybridized carbons (Fsp3) is 0.333. The summed E-state index contributed by atoms with van der Waals surface area (Å²) in [5.41, 5.74) is 2.26. The molecule has 0 radical (unpaired) electrons. The maximum atomic E-state index is 6.22. The van der Waals surface area contributed by atoms with E-state index >= 15 is 0 Å². The number of hydrogen-bond donors (Lipinski definition) is 1. The molecular formula is C15H15ClIN3. The molecule has 0 atom stereocenters. The molecule has 0 amide bonds. The molecule has 1 aromatic heterocycles. The van der Waals surface area contributed by atoms with E-state index in [0.717, 1.165) is 25.8 Å². The second kappa shape index (κ2) is 5.85. The smallest absolute Gasteiger partial charge is 0.143 e. The van der Waals surface area contributed by atoms with Crippen LogP contribution in [0.2, 0.25) is 5.02 Å². The maximum absolute atomic E-state index is 6.22. The second-order valence-corrected chi connectivity index (χ2v) is 6.47.